The van der Waals surface area contributed by atoms with E-state index in [1.807, 2.05) is 12.1 Å². The van der Waals surface area contributed by atoms with E-state index >= 15 is 0 Å². The van der Waals surface area contributed by atoms with Gasteiger partial charge >= 0.3 is 5.97 Å². The summed E-state index contributed by atoms with van der Waals surface area (Å²) in [6.45, 7) is 8.17. The van der Waals surface area contributed by atoms with E-state index < -0.39 is 28.6 Å². The number of nitrogens with zero attached hydrogens (tertiary/aromatic N) is 2. The van der Waals surface area contributed by atoms with Gasteiger partial charge < -0.3 is 24.4 Å². The number of thioether (sulfide) groups is 1. The van der Waals surface area contributed by atoms with E-state index in [1.165, 1.54) is 6.08 Å². The highest BCUT2D eigenvalue weighted by Crippen LogP contribution is 2.66. The normalized spacial score (nSPS) is 28.1. The maximum Gasteiger partial charge on any atom is 0.311 e. The molecule has 0 saturated carbocycles. The Labute approximate surface area is 216 Å². The lowest BCUT2D eigenvalue weighted by Crippen LogP contribution is -2.55. The first-order chi connectivity index (χ1) is 17.4. The Balaban J connectivity index is 1.72. The van der Waals surface area contributed by atoms with Gasteiger partial charge in [-0.05, 0) is 49.9 Å². The molecule has 0 aliphatic carbocycles. The first-order valence-corrected chi connectivity index (χ1v) is 13.2. The molecular formula is C27H34N2O6S. The number of ether oxygens (including phenoxy) is 2. The highest BCUT2D eigenvalue weighted by atomic mass is 32.2. The molecular weight excluding hydrogens is 480 g/mol. The average molecular weight is 515 g/mol. The zero-order valence-electron chi connectivity index (χ0n) is 20.6. The van der Waals surface area contributed by atoms with E-state index in [0.29, 0.717) is 37.2 Å². The number of hydrogen-bond donors (Lipinski definition) is 1. The number of aliphatic hydroxyl groups is 1. The SMILES string of the molecule is C=CCOC(=O)[C@@H]1[C@H]2C(=O)N(CCCCO)C(C(=O)N(CC=C)c3ccc(OC)cc3)C23CC[C@H]1S3. The topological polar surface area (TPSA) is 96.4 Å². The number of likely N-dealkylation sites (tertiary alicyclic amines) is 1. The minimum atomic E-state index is -0.719. The zero-order valence-corrected chi connectivity index (χ0v) is 21.5. The second-order valence-corrected chi connectivity index (χ2v) is 11.0. The number of methoxy groups -OCH3 is 1. The second-order valence-electron chi connectivity index (χ2n) is 9.37. The Morgan fingerprint density at radius 1 is 1.25 bits per heavy atom. The Morgan fingerprint density at radius 2 is 2.00 bits per heavy atom. The van der Waals surface area contributed by atoms with Crippen LogP contribution in [0.1, 0.15) is 25.7 Å². The van der Waals surface area contributed by atoms with Crippen LogP contribution in [0.5, 0.6) is 5.75 Å². The van der Waals surface area contributed by atoms with Gasteiger partial charge in [-0.25, -0.2) is 0 Å². The van der Waals surface area contributed by atoms with Gasteiger partial charge in [-0.2, -0.15) is 0 Å². The van der Waals surface area contributed by atoms with E-state index in [9.17, 15) is 19.5 Å². The van der Waals surface area contributed by atoms with E-state index in [-0.39, 0.29) is 36.8 Å². The number of carbonyl (C=O) groups is 3. The summed E-state index contributed by atoms with van der Waals surface area (Å²) < 4.78 is 9.96. The van der Waals surface area contributed by atoms with Gasteiger partial charge in [-0.1, -0.05) is 18.7 Å². The lowest BCUT2D eigenvalue weighted by Gasteiger charge is -2.37. The standard InChI is InChI=1S/C27H34N2O6S/c1-4-14-28(18-8-10-19(34-3)11-9-18)25(32)23-27-13-12-20(36-27)21(26(33)35-17-5-2)22(27)24(31)29(23)15-6-7-16-30/h4-5,8-11,20-23,30H,1-2,6-7,12-17H2,3H3/t20-,21+,22+,23?,27?/m1/s1. The third kappa shape index (κ3) is 4.43. The van der Waals surface area contributed by atoms with Gasteiger partial charge in [0.25, 0.3) is 5.91 Å². The Bertz CT molecular complexity index is 1010. The highest BCUT2D eigenvalue weighted by Gasteiger charge is 2.74. The fraction of sp³-hybridized carbons (Fsp3) is 0.519. The van der Waals surface area contributed by atoms with Crippen molar-refractivity contribution in [2.75, 3.05) is 38.3 Å². The van der Waals surface area contributed by atoms with Crippen LogP contribution in [0.2, 0.25) is 0 Å². The van der Waals surface area contributed by atoms with Gasteiger partial charge in [0.1, 0.15) is 18.4 Å². The summed E-state index contributed by atoms with van der Waals surface area (Å²) in [5.74, 6) is -1.26. The van der Waals surface area contributed by atoms with Crippen molar-refractivity contribution in [3.8, 4) is 5.75 Å². The van der Waals surface area contributed by atoms with Crippen LogP contribution in [0, 0.1) is 11.8 Å². The average Bonchev–Trinajstić information content (AvgIpc) is 3.53. The molecule has 3 saturated heterocycles. The molecule has 3 fully saturated rings. The quantitative estimate of drug-likeness (QED) is 0.260. The molecule has 3 aliphatic rings. The van der Waals surface area contributed by atoms with Crippen molar-refractivity contribution in [2.45, 2.75) is 41.7 Å². The monoisotopic (exact) mass is 514 g/mol. The fourth-order valence-corrected chi connectivity index (χ4v) is 8.13. The first kappa shape index (κ1) is 26.3. The molecule has 3 heterocycles. The molecule has 1 spiro atoms. The number of carbonyl (C=O) groups excluding carboxylic acids is 3. The molecule has 0 radical (unpaired) electrons. The Morgan fingerprint density at radius 3 is 2.64 bits per heavy atom. The number of benzene rings is 1. The second kappa shape index (κ2) is 11.1. The molecule has 5 atom stereocenters. The molecule has 36 heavy (non-hydrogen) atoms. The lowest BCUT2D eigenvalue weighted by molar-refractivity contribution is -0.153. The molecule has 2 amide bonds. The summed E-state index contributed by atoms with van der Waals surface area (Å²) in [5, 5.41) is 9.26. The Kier molecular flexibility index (Phi) is 8.10. The van der Waals surface area contributed by atoms with E-state index in [2.05, 4.69) is 13.2 Å². The summed E-state index contributed by atoms with van der Waals surface area (Å²) in [5.41, 5.74) is 0.683. The minimum absolute atomic E-state index is 0.0109. The van der Waals surface area contributed by atoms with Crippen molar-refractivity contribution in [1.82, 2.24) is 4.90 Å². The van der Waals surface area contributed by atoms with Crippen molar-refractivity contribution < 1.29 is 29.0 Å². The number of esters is 1. The van der Waals surface area contributed by atoms with Crippen molar-refractivity contribution in [2.24, 2.45) is 11.8 Å². The zero-order chi connectivity index (χ0) is 25.9. The summed E-state index contributed by atoms with van der Waals surface area (Å²) in [6, 6.07) is 6.50. The molecule has 0 aromatic heterocycles. The number of amides is 2. The van der Waals surface area contributed by atoms with Gasteiger partial charge in [0, 0.05) is 30.6 Å². The third-order valence-electron chi connectivity index (χ3n) is 7.42. The minimum Gasteiger partial charge on any atom is -0.497 e. The Hall–Kier alpha value is -2.78. The van der Waals surface area contributed by atoms with Gasteiger partial charge in [0.05, 0.1) is 23.7 Å². The van der Waals surface area contributed by atoms with E-state index in [4.69, 9.17) is 9.47 Å². The summed E-state index contributed by atoms with van der Waals surface area (Å²) in [6.07, 6.45) is 5.71. The van der Waals surface area contributed by atoms with Gasteiger partial charge in [0.15, 0.2) is 0 Å². The largest absolute Gasteiger partial charge is 0.497 e. The van der Waals surface area contributed by atoms with Crippen molar-refractivity contribution >= 4 is 35.2 Å². The molecule has 8 nitrogen and oxygen atoms in total. The van der Waals surface area contributed by atoms with E-state index in [1.54, 1.807) is 46.9 Å². The smallest absolute Gasteiger partial charge is 0.311 e. The number of aliphatic hydroxyl groups excluding tert-OH is 1. The number of fused-ring (bicyclic) bond motifs is 1. The summed E-state index contributed by atoms with van der Waals surface area (Å²) in [7, 11) is 1.58. The molecule has 1 aromatic rings. The molecule has 2 unspecified atom stereocenters. The van der Waals surface area contributed by atoms with Crippen LogP contribution in [0.3, 0.4) is 0 Å². The van der Waals surface area contributed by atoms with Gasteiger partial charge in [-0.15, -0.1) is 18.3 Å². The lowest BCUT2D eigenvalue weighted by atomic mass is 9.71. The predicted octanol–water partition coefficient (Wildman–Crippen LogP) is 2.81. The molecule has 3 aliphatic heterocycles. The van der Waals surface area contributed by atoms with E-state index in [0.717, 1.165) is 6.42 Å². The van der Waals surface area contributed by atoms with Crippen LogP contribution in [0.15, 0.2) is 49.6 Å². The highest BCUT2D eigenvalue weighted by molar-refractivity contribution is 8.02. The molecule has 1 N–H and O–H groups in total. The van der Waals surface area contributed by atoms with Crippen molar-refractivity contribution in [3.05, 3.63) is 49.6 Å². The summed E-state index contributed by atoms with van der Waals surface area (Å²) >= 11 is 1.61. The van der Waals surface area contributed by atoms with Crippen LogP contribution in [0.25, 0.3) is 0 Å². The molecule has 1 aromatic carbocycles. The molecule has 2 bridgehead atoms. The van der Waals surface area contributed by atoms with Gasteiger partial charge in [0.2, 0.25) is 5.91 Å². The number of anilines is 1. The van der Waals surface area contributed by atoms with Crippen LogP contribution < -0.4 is 9.64 Å². The van der Waals surface area contributed by atoms with Crippen LogP contribution in [-0.2, 0) is 19.1 Å². The predicted molar refractivity (Wildman–Crippen MR) is 139 cm³/mol. The van der Waals surface area contributed by atoms with Crippen LogP contribution >= 0.6 is 11.8 Å². The molecule has 4 rings (SSSR count). The first-order valence-electron chi connectivity index (χ1n) is 12.4. The van der Waals surface area contributed by atoms with Gasteiger partial charge in [-0.3, -0.25) is 14.4 Å². The third-order valence-corrected chi connectivity index (χ3v) is 9.37. The van der Waals surface area contributed by atoms with Crippen LogP contribution in [-0.4, -0.2) is 77.2 Å². The molecule has 9 heteroatoms. The number of unbranched alkanes of at least 4 members (excludes halogenated alkanes) is 1. The maximum atomic E-state index is 14.3. The molecule has 194 valence electrons. The summed E-state index contributed by atoms with van der Waals surface area (Å²) in [4.78, 5) is 44.5. The van der Waals surface area contributed by atoms with Crippen molar-refractivity contribution in [3.63, 3.8) is 0 Å². The number of hydrogen-bond acceptors (Lipinski definition) is 7. The van der Waals surface area contributed by atoms with Crippen molar-refractivity contribution in [1.29, 1.82) is 0 Å². The fourth-order valence-electron chi connectivity index (χ4n) is 5.93. The maximum absolute atomic E-state index is 14.3. The van der Waals surface area contributed by atoms with Crippen LogP contribution in [0.4, 0.5) is 5.69 Å². The number of rotatable bonds is 12.